The van der Waals surface area contributed by atoms with Gasteiger partial charge in [0.25, 0.3) is 0 Å². The Balaban J connectivity index is 2.68. The topological polar surface area (TPSA) is 31.4 Å². The van der Waals surface area contributed by atoms with Crippen molar-refractivity contribution in [1.82, 2.24) is 4.98 Å². The van der Waals surface area contributed by atoms with Gasteiger partial charge in [0.15, 0.2) is 5.75 Å². The number of nitrogens with zero attached hydrogens (tertiary/aromatic N) is 1. The van der Waals surface area contributed by atoms with Crippen molar-refractivity contribution >= 4 is 0 Å². The maximum Gasteiger partial charge on any atom is 0.387 e. The molecule has 0 bridgehead atoms. The Morgan fingerprint density at radius 1 is 1.14 bits per heavy atom. The van der Waals surface area contributed by atoms with Crippen molar-refractivity contribution in [3.63, 3.8) is 0 Å². The third kappa shape index (κ3) is 3.46. The fourth-order valence-electron chi connectivity index (χ4n) is 0.682. The zero-order valence-electron chi connectivity index (χ0n) is 6.58. The number of hydrogen-bond acceptors (Lipinski definition) is 3. The van der Waals surface area contributed by atoms with E-state index in [9.17, 15) is 17.6 Å². The first-order valence-corrected chi connectivity index (χ1v) is 3.35. The summed E-state index contributed by atoms with van der Waals surface area (Å²) in [5.41, 5.74) is 0. The highest BCUT2D eigenvalue weighted by Gasteiger charge is 2.09. The first-order chi connectivity index (χ1) is 6.58. The molecule has 0 aromatic carbocycles. The molecule has 0 N–H and O–H groups in total. The Kier molecular flexibility index (Phi) is 3.49. The summed E-state index contributed by atoms with van der Waals surface area (Å²) in [6.07, 6.45) is 2.94. The van der Waals surface area contributed by atoms with Crippen LogP contribution >= 0.6 is 0 Å². The second-order valence-corrected chi connectivity index (χ2v) is 2.04. The normalized spacial score (nSPS) is 10.7. The summed E-state index contributed by atoms with van der Waals surface area (Å²) in [4.78, 5) is 3.25. The minimum Gasteiger partial charge on any atom is -0.433 e. The Morgan fingerprint density at radius 2 is 1.79 bits per heavy atom. The van der Waals surface area contributed by atoms with Crippen LogP contribution in [0, 0.1) is 6.20 Å². The minimum atomic E-state index is -3.06. The van der Waals surface area contributed by atoms with E-state index < -0.39 is 19.0 Å². The van der Waals surface area contributed by atoms with Gasteiger partial charge in [0.2, 0.25) is 0 Å². The number of ether oxygens (including phenoxy) is 2. The van der Waals surface area contributed by atoms with Gasteiger partial charge >= 0.3 is 13.2 Å². The molecule has 0 fully saturated rings. The molecule has 0 atom stereocenters. The fourth-order valence-corrected chi connectivity index (χ4v) is 0.682. The van der Waals surface area contributed by atoms with Crippen molar-refractivity contribution in [1.29, 1.82) is 0 Å². The molecule has 14 heavy (non-hydrogen) atoms. The van der Waals surface area contributed by atoms with Gasteiger partial charge in [-0.3, -0.25) is 0 Å². The van der Waals surface area contributed by atoms with Crippen LogP contribution in [0.25, 0.3) is 0 Å². The van der Waals surface area contributed by atoms with E-state index in [4.69, 9.17) is 0 Å². The van der Waals surface area contributed by atoms with Crippen molar-refractivity contribution in [2.24, 2.45) is 0 Å². The number of alkyl halides is 4. The molecule has 1 aromatic rings. The second kappa shape index (κ2) is 4.64. The molecule has 0 aliphatic carbocycles. The van der Waals surface area contributed by atoms with E-state index in [-0.39, 0.29) is 5.75 Å². The lowest BCUT2D eigenvalue weighted by molar-refractivity contribution is -0.0548. The van der Waals surface area contributed by atoms with E-state index in [2.05, 4.69) is 14.5 Å². The molecule has 1 aromatic heterocycles. The molecule has 1 radical (unpaired) electrons. The van der Waals surface area contributed by atoms with Gasteiger partial charge in [0.05, 0.1) is 6.20 Å². The molecule has 3 nitrogen and oxygen atoms in total. The highest BCUT2D eigenvalue weighted by Crippen LogP contribution is 2.19. The molecule has 0 saturated heterocycles. The molecule has 0 unspecified atom stereocenters. The maximum absolute atomic E-state index is 11.7. The van der Waals surface area contributed by atoms with E-state index in [1.807, 2.05) is 6.20 Å². The molecule has 77 valence electrons. The van der Waals surface area contributed by atoms with Crippen LogP contribution < -0.4 is 9.47 Å². The van der Waals surface area contributed by atoms with Crippen LogP contribution in [-0.2, 0) is 0 Å². The van der Waals surface area contributed by atoms with E-state index in [1.54, 1.807) is 0 Å². The van der Waals surface area contributed by atoms with E-state index in [1.165, 1.54) is 0 Å². The smallest absolute Gasteiger partial charge is 0.387 e. The molecule has 0 aliphatic rings. The van der Waals surface area contributed by atoms with E-state index in [0.29, 0.717) is 0 Å². The molecular formula is C7H4F4NO2. The number of halogens is 4. The van der Waals surface area contributed by atoms with Crippen LogP contribution in [0.3, 0.4) is 0 Å². The Hall–Kier alpha value is -1.53. The van der Waals surface area contributed by atoms with Crippen LogP contribution in [0.15, 0.2) is 12.3 Å². The van der Waals surface area contributed by atoms with Gasteiger partial charge in [-0.25, -0.2) is 4.98 Å². The molecule has 1 heterocycles. The minimum absolute atomic E-state index is 0.366. The zero-order valence-corrected chi connectivity index (χ0v) is 6.58. The lowest BCUT2D eigenvalue weighted by atomic mass is 10.4. The highest BCUT2D eigenvalue weighted by atomic mass is 19.3. The van der Waals surface area contributed by atoms with Gasteiger partial charge in [-0.1, -0.05) is 0 Å². The Labute approximate surface area is 76.3 Å². The number of aromatic nitrogens is 1. The number of pyridine rings is 1. The fraction of sp³-hybridized carbons (Fsp3) is 0.286. The summed E-state index contributed by atoms with van der Waals surface area (Å²) in [6.45, 7) is -6.10. The number of rotatable bonds is 4. The third-order valence-corrected chi connectivity index (χ3v) is 1.08. The van der Waals surface area contributed by atoms with Crippen LogP contribution in [0.1, 0.15) is 0 Å². The number of hydrogen-bond donors (Lipinski definition) is 0. The monoisotopic (exact) mass is 210 g/mol. The Bertz CT molecular complexity index is 270. The zero-order chi connectivity index (χ0) is 10.6. The average Bonchev–Trinajstić information content (AvgIpc) is 2.01. The first kappa shape index (κ1) is 10.6. The lowest BCUT2D eigenvalue weighted by Gasteiger charge is -2.06. The Morgan fingerprint density at radius 3 is 2.36 bits per heavy atom. The van der Waals surface area contributed by atoms with Gasteiger partial charge in [-0.05, 0) is 0 Å². The van der Waals surface area contributed by atoms with Crippen molar-refractivity contribution in [2.75, 3.05) is 0 Å². The van der Waals surface area contributed by atoms with Gasteiger partial charge < -0.3 is 9.47 Å². The van der Waals surface area contributed by atoms with Crippen LogP contribution in [0.4, 0.5) is 17.6 Å². The lowest BCUT2D eigenvalue weighted by Crippen LogP contribution is -2.05. The van der Waals surface area contributed by atoms with Gasteiger partial charge in [-0.2, -0.15) is 17.6 Å². The van der Waals surface area contributed by atoms with Crippen LogP contribution in [0.2, 0.25) is 0 Å². The predicted octanol–water partition coefficient (Wildman–Crippen LogP) is 2.08. The SMILES string of the molecule is FC(F)Oc1[c]ncc(OC(F)F)c1. The van der Waals surface area contributed by atoms with E-state index >= 15 is 0 Å². The van der Waals surface area contributed by atoms with Crippen LogP contribution in [-0.4, -0.2) is 18.2 Å². The van der Waals surface area contributed by atoms with Gasteiger partial charge in [0, 0.05) is 6.07 Å². The van der Waals surface area contributed by atoms with Crippen LogP contribution in [0.5, 0.6) is 11.5 Å². The summed E-state index contributed by atoms with van der Waals surface area (Å²) in [5.74, 6) is -0.826. The van der Waals surface area contributed by atoms with Gasteiger partial charge in [0.1, 0.15) is 11.9 Å². The molecule has 0 aliphatic heterocycles. The maximum atomic E-state index is 11.7. The average molecular weight is 210 g/mol. The predicted molar refractivity (Wildman–Crippen MR) is 36.3 cm³/mol. The largest absolute Gasteiger partial charge is 0.433 e. The molecular weight excluding hydrogens is 206 g/mol. The van der Waals surface area contributed by atoms with Gasteiger partial charge in [-0.15, -0.1) is 0 Å². The summed E-state index contributed by atoms with van der Waals surface area (Å²) >= 11 is 0. The quantitative estimate of drug-likeness (QED) is 0.713. The second-order valence-electron chi connectivity index (χ2n) is 2.04. The van der Waals surface area contributed by atoms with Crippen molar-refractivity contribution in [3.05, 3.63) is 18.5 Å². The van der Waals surface area contributed by atoms with Crippen molar-refractivity contribution in [3.8, 4) is 11.5 Å². The summed E-state index contributed by atoms with van der Waals surface area (Å²) in [5, 5.41) is 0. The van der Waals surface area contributed by atoms with Crippen molar-refractivity contribution in [2.45, 2.75) is 13.2 Å². The molecule has 0 spiro atoms. The third-order valence-electron chi connectivity index (χ3n) is 1.08. The molecule has 1 rings (SSSR count). The summed E-state index contributed by atoms with van der Waals surface area (Å²) in [7, 11) is 0. The summed E-state index contributed by atoms with van der Waals surface area (Å²) < 4.78 is 54.4. The highest BCUT2D eigenvalue weighted by molar-refractivity contribution is 5.27. The van der Waals surface area contributed by atoms with E-state index in [0.717, 1.165) is 12.3 Å². The molecule has 0 amide bonds. The molecule has 7 heteroatoms. The standard InChI is InChI=1S/C7H4F4NO2/c8-6(9)13-4-1-5(3-12-2-4)14-7(10)11/h1-2,6-7H. The molecule has 0 saturated carbocycles. The van der Waals surface area contributed by atoms with Crippen molar-refractivity contribution < 1.29 is 27.0 Å². The summed E-state index contributed by atoms with van der Waals surface area (Å²) in [6, 6.07) is 0.839. The first-order valence-electron chi connectivity index (χ1n) is 3.35.